The monoisotopic (exact) mass is 70.1 g/mol. The Hall–Kier alpha value is 1.19. The van der Waals surface area contributed by atoms with Gasteiger partial charge in [0.2, 0.25) is 0 Å². The Labute approximate surface area is 58.5 Å². The molecule has 0 aromatic carbocycles. The molecule has 2 atom stereocenters. The Balaban J connectivity index is 2.99. The van der Waals surface area contributed by atoms with Crippen molar-refractivity contribution in [2.75, 3.05) is 0 Å². The van der Waals surface area contributed by atoms with Crippen LogP contribution in [0.15, 0.2) is 0 Å². The molecule has 0 nitrogen and oxygen atoms in total. The van der Waals surface area contributed by atoms with Gasteiger partial charge in [-0.15, -0.1) is 0 Å². The van der Waals surface area contributed by atoms with E-state index >= 15 is 0 Å². The molecule has 0 heterocycles. The summed E-state index contributed by atoms with van der Waals surface area (Å²) in [7, 11) is 0. The number of hydrogen-bond donors (Lipinski definition) is 0. The molecular weight excluding hydrogens is 61.9 g/mol. The molecule has 0 aliphatic heterocycles. The van der Waals surface area contributed by atoms with Crippen LogP contribution in [0, 0.1) is 0 Å². The van der Waals surface area contributed by atoms with Gasteiger partial charge in [-0.25, -0.2) is 0 Å². The molecule has 2 unspecified atom stereocenters. The van der Waals surface area contributed by atoms with Crippen molar-refractivity contribution in [3.63, 3.8) is 0 Å². The first-order chi connectivity index (χ1) is 2.64. The fraction of sp³-hybridized carbons (Fsp3) is 1.00. The van der Waals surface area contributed by atoms with Gasteiger partial charge in [-0.3, -0.25) is 0 Å². The molecule has 0 spiro atoms. The Bertz CT molecular complexity index is 26.5. The van der Waals surface area contributed by atoms with Crippen molar-refractivity contribution in [3.05, 3.63) is 0 Å². The molecule has 6 heavy (non-hydrogen) atoms. The van der Waals surface area contributed by atoms with Crippen molar-refractivity contribution in [1.29, 1.82) is 0 Å². The van der Waals surface area contributed by atoms with E-state index in [1.165, 1.54) is 0 Å². The second-order valence-corrected chi connectivity index (χ2v) is 2.49. The predicted octanol–water partition coefficient (Wildman–Crippen LogP) is 0.940. The van der Waals surface area contributed by atoms with Crippen molar-refractivity contribution in [3.8, 4) is 0 Å². The van der Waals surface area contributed by atoms with Crippen LogP contribution in [0.3, 0.4) is 0 Å². The minimum atomic E-state index is 0.852. The number of hydrogen-bond acceptors (Lipinski definition) is 0. The second-order valence-electron chi connectivity index (χ2n) is 2.49. The summed E-state index contributed by atoms with van der Waals surface area (Å²) in [5, 5.41) is 0. The van der Waals surface area contributed by atoms with Crippen molar-refractivity contribution in [2.24, 2.45) is 0 Å². The van der Waals surface area contributed by atoms with Gasteiger partial charge < -0.3 is 0 Å². The van der Waals surface area contributed by atoms with Crippen LogP contribution in [0.4, 0.5) is 0 Å². The Morgan fingerprint density at radius 2 is 1.17 bits per heavy atom. The summed E-state index contributed by atoms with van der Waals surface area (Å²) in [6.07, 6.45) is 0. The Morgan fingerprint density at radius 1 is 1.00 bits per heavy atom. The van der Waals surface area contributed by atoms with Crippen LogP contribution < -0.4 is 0 Å². The van der Waals surface area contributed by atoms with Crippen molar-refractivity contribution in [2.45, 2.75) is 23.0 Å². The van der Waals surface area contributed by atoms with Crippen LogP contribution in [-0.2, 0) is 0 Å². The Kier molecular flexibility index (Phi) is 3.87. The van der Waals surface area contributed by atoms with Crippen LogP contribution >= 0.6 is 0 Å². The third kappa shape index (κ3) is 3.39. The van der Waals surface area contributed by atoms with Crippen LogP contribution in [0.2, 0.25) is 9.18 Å². The van der Waals surface area contributed by atoms with Gasteiger partial charge in [0.1, 0.15) is 0 Å². The third-order valence-electron chi connectivity index (χ3n) is 1.33. The maximum absolute atomic E-state index is 2.24. The zero-order valence-electron chi connectivity index (χ0n) is 5.15. The van der Waals surface area contributed by atoms with E-state index in [2.05, 4.69) is 49.3 Å². The second kappa shape index (κ2) is 3.23. The molecule has 0 aliphatic carbocycles. The molecule has 26 valence electrons. The molecule has 0 saturated heterocycles. The molecule has 0 fully saturated rings. The average Bonchev–Trinajstić information content (AvgIpc) is 1.36. The van der Waals surface area contributed by atoms with Crippen LogP contribution in [0.5, 0.6) is 0 Å². The van der Waals surface area contributed by atoms with E-state index in [9.17, 15) is 0 Å². The fourth-order valence-corrected chi connectivity index (χ4v) is 0. The zero-order chi connectivity index (χ0) is 5.15. The molecule has 0 rings (SSSR count). The topological polar surface area (TPSA) is 0 Å². The molecule has 2 heteroatoms. The zero-order valence-corrected chi connectivity index (χ0v) is 5.15. The van der Waals surface area contributed by atoms with E-state index in [1.807, 2.05) is 0 Å². The van der Waals surface area contributed by atoms with Crippen LogP contribution in [0.1, 0.15) is 13.8 Å². The van der Waals surface area contributed by atoms with Gasteiger partial charge in [-0.1, -0.05) is 0 Å². The summed E-state index contributed by atoms with van der Waals surface area (Å²) in [6.45, 7) is 4.48. The molecule has 0 N–H and O–H groups in total. The van der Waals surface area contributed by atoms with Gasteiger partial charge >= 0.3 is 58.5 Å². The van der Waals surface area contributed by atoms with Gasteiger partial charge in [-0.05, 0) is 0 Å². The summed E-state index contributed by atoms with van der Waals surface area (Å²) < 4.78 is 1.70. The summed E-state index contributed by atoms with van der Waals surface area (Å²) >= 11 is 4.48. The number of rotatable bonds is 1. The maximum atomic E-state index is 2.24. The summed E-state index contributed by atoms with van der Waals surface area (Å²) in [5.41, 5.74) is 0. The molecule has 0 aromatic rings. The summed E-state index contributed by atoms with van der Waals surface area (Å²) in [6, 6.07) is 0. The third-order valence-corrected chi connectivity index (χ3v) is 1.33. The van der Waals surface area contributed by atoms with Crippen LogP contribution in [-0.4, -0.2) is 35.4 Å². The first-order valence-corrected chi connectivity index (χ1v) is 2.64. The normalized spacial score (nSPS) is 20.3. The van der Waals surface area contributed by atoms with Crippen molar-refractivity contribution >= 4 is 35.4 Å². The molecule has 0 aliphatic rings. The van der Waals surface area contributed by atoms with E-state index in [0.717, 1.165) is 9.18 Å². The molecule has 0 radical (unpaired) electrons. The molecule has 0 amide bonds. The van der Waals surface area contributed by atoms with E-state index < -0.39 is 0 Å². The molecule has 0 saturated carbocycles. The van der Waals surface area contributed by atoms with Gasteiger partial charge in [0.05, 0.1) is 0 Å². The molecule has 0 aromatic heterocycles. The first-order valence-electron chi connectivity index (χ1n) is 2.64. The first kappa shape index (κ1) is 7.19. The molecule has 0 bridgehead atoms. The van der Waals surface area contributed by atoms with E-state index in [0.29, 0.717) is 0 Å². The van der Waals surface area contributed by atoms with E-state index in [4.69, 9.17) is 0 Å². The van der Waals surface area contributed by atoms with Gasteiger partial charge in [0.25, 0.3) is 0 Å². The van der Waals surface area contributed by atoms with E-state index in [-0.39, 0.29) is 0 Å². The van der Waals surface area contributed by atoms with Crippen molar-refractivity contribution < 1.29 is 0 Å². The average molecular weight is 70.0 g/mol. The fourth-order valence-electron chi connectivity index (χ4n) is 0. The van der Waals surface area contributed by atoms with Crippen molar-refractivity contribution in [1.82, 2.24) is 0 Å². The summed E-state index contributed by atoms with van der Waals surface area (Å²) in [5.74, 6) is 0. The molecular formula is C4H8Li2. The summed E-state index contributed by atoms with van der Waals surface area (Å²) in [4.78, 5) is 0. The standard InChI is InChI=1S/C4H8.2Li/c1-3-4-2;;/h3-4H,1-2H3;;. The Morgan fingerprint density at radius 3 is 1.17 bits per heavy atom. The SMILES string of the molecule is [Li][CH](C)[CH]([Li])C. The minimum absolute atomic E-state index is 0.852. The quantitative estimate of drug-likeness (QED) is 0.403. The van der Waals surface area contributed by atoms with E-state index in [1.54, 1.807) is 0 Å². The van der Waals surface area contributed by atoms with Crippen LogP contribution in [0.25, 0.3) is 0 Å². The van der Waals surface area contributed by atoms with Gasteiger partial charge in [0.15, 0.2) is 0 Å². The van der Waals surface area contributed by atoms with Gasteiger partial charge in [0, 0.05) is 0 Å². The van der Waals surface area contributed by atoms with Gasteiger partial charge in [-0.2, -0.15) is 0 Å². The predicted molar refractivity (Wildman–Crippen MR) is 30.4 cm³/mol.